The molecule has 0 aliphatic heterocycles. The van der Waals surface area contributed by atoms with Crippen molar-refractivity contribution in [3.63, 3.8) is 0 Å². The molecule has 0 saturated heterocycles. The van der Waals surface area contributed by atoms with Crippen molar-refractivity contribution in [2.24, 2.45) is 5.73 Å². The van der Waals surface area contributed by atoms with Crippen molar-refractivity contribution in [3.8, 4) is 0 Å². The summed E-state index contributed by atoms with van der Waals surface area (Å²) in [6.07, 6.45) is 0. The molecular formula is C12H16F2N2O. The van der Waals surface area contributed by atoms with Gasteiger partial charge in [-0.2, -0.15) is 0 Å². The highest BCUT2D eigenvalue weighted by Crippen LogP contribution is 2.21. The average Bonchev–Trinajstić information content (AvgIpc) is 2.29. The third-order valence-electron chi connectivity index (χ3n) is 2.74. The number of amides is 1. The molecule has 1 aromatic carbocycles. The van der Waals surface area contributed by atoms with Crippen LogP contribution in [0.2, 0.25) is 0 Å². The summed E-state index contributed by atoms with van der Waals surface area (Å²) in [7, 11) is 1.58. The summed E-state index contributed by atoms with van der Waals surface area (Å²) in [6, 6.07) is 2.61. The lowest BCUT2D eigenvalue weighted by molar-refractivity contribution is -0.132. The molecule has 0 bridgehead atoms. The smallest absolute Gasteiger partial charge is 0.239 e. The van der Waals surface area contributed by atoms with Gasteiger partial charge in [-0.25, -0.2) is 8.78 Å². The van der Waals surface area contributed by atoms with Crippen molar-refractivity contribution in [3.05, 3.63) is 35.4 Å². The van der Waals surface area contributed by atoms with Gasteiger partial charge in [0, 0.05) is 7.05 Å². The van der Waals surface area contributed by atoms with Crippen LogP contribution in [0.5, 0.6) is 0 Å². The maximum Gasteiger partial charge on any atom is 0.239 e. The standard InChI is InChI=1S/C12H16F2N2O/c1-7(15)12(17)16(3)8(2)9-4-5-10(13)11(14)6-9/h4-8H,15H2,1-3H3/t7-,8?/m0/s1. The second-order valence-corrected chi connectivity index (χ2v) is 4.09. The van der Waals surface area contributed by atoms with Crippen molar-refractivity contribution < 1.29 is 13.6 Å². The van der Waals surface area contributed by atoms with E-state index in [2.05, 4.69) is 0 Å². The van der Waals surface area contributed by atoms with Crippen LogP contribution in [0.15, 0.2) is 18.2 Å². The number of carbonyl (C=O) groups excluding carboxylic acids is 1. The van der Waals surface area contributed by atoms with E-state index in [1.54, 1.807) is 20.9 Å². The van der Waals surface area contributed by atoms with Gasteiger partial charge in [0.05, 0.1) is 12.1 Å². The summed E-state index contributed by atoms with van der Waals surface area (Å²) in [5, 5.41) is 0. The summed E-state index contributed by atoms with van der Waals surface area (Å²) < 4.78 is 25.8. The second kappa shape index (κ2) is 5.23. The number of rotatable bonds is 3. The Morgan fingerprint density at radius 2 is 1.88 bits per heavy atom. The van der Waals surface area contributed by atoms with Crippen LogP contribution in [0.4, 0.5) is 8.78 Å². The Morgan fingerprint density at radius 3 is 2.35 bits per heavy atom. The zero-order chi connectivity index (χ0) is 13.2. The topological polar surface area (TPSA) is 46.3 Å². The number of nitrogens with zero attached hydrogens (tertiary/aromatic N) is 1. The molecule has 0 saturated carbocycles. The Bertz CT molecular complexity index is 421. The summed E-state index contributed by atoms with van der Waals surface area (Å²) in [5.74, 6) is -2.07. The van der Waals surface area contributed by atoms with Crippen LogP contribution in [0.1, 0.15) is 25.5 Å². The molecule has 0 aliphatic carbocycles. The third kappa shape index (κ3) is 3.00. The molecule has 2 atom stereocenters. The van der Waals surface area contributed by atoms with Crippen LogP contribution in [-0.4, -0.2) is 23.9 Å². The summed E-state index contributed by atoms with van der Waals surface area (Å²) in [6.45, 7) is 3.31. The van der Waals surface area contributed by atoms with Gasteiger partial charge in [0.25, 0.3) is 0 Å². The zero-order valence-corrected chi connectivity index (χ0v) is 10.1. The molecule has 1 rings (SSSR count). The van der Waals surface area contributed by atoms with Gasteiger partial charge in [-0.15, -0.1) is 0 Å². The zero-order valence-electron chi connectivity index (χ0n) is 10.1. The van der Waals surface area contributed by atoms with Crippen LogP contribution in [0.25, 0.3) is 0 Å². The quantitative estimate of drug-likeness (QED) is 0.879. The summed E-state index contributed by atoms with van der Waals surface area (Å²) >= 11 is 0. The molecule has 94 valence electrons. The predicted molar refractivity (Wildman–Crippen MR) is 61.2 cm³/mol. The number of halogens is 2. The number of hydrogen-bond donors (Lipinski definition) is 1. The fourth-order valence-electron chi connectivity index (χ4n) is 1.51. The lowest BCUT2D eigenvalue weighted by Crippen LogP contribution is -2.40. The fourth-order valence-corrected chi connectivity index (χ4v) is 1.51. The monoisotopic (exact) mass is 242 g/mol. The van der Waals surface area contributed by atoms with Crippen molar-refractivity contribution in [1.82, 2.24) is 4.90 Å². The Balaban J connectivity index is 2.92. The van der Waals surface area contributed by atoms with Crippen LogP contribution < -0.4 is 5.73 Å². The van der Waals surface area contributed by atoms with Gasteiger partial charge in [0.2, 0.25) is 5.91 Å². The highest BCUT2D eigenvalue weighted by Gasteiger charge is 2.20. The maximum absolute atomic E-state index is 13.1. The first-order chi connectivity index (χ1) is 7.84. The molecule has 5 heteroatoms. The largest absolute Gasteiger partial charge is 0.338 e. The number of likely N-dealkylation sites (N-methyl/N-ethyl adjacent to an activating group) is 1. The fraction of sp³-hybridized carbons (Fsp3) is 0.417. The average molecular weight is 242 g/mol. The van der Waals surface area contributed by atoms with Gasteiger partial charge in [-0.3, -0.25) is 4.79 Å². The van der Waals surface area contributed by atoms with Crippen molar-refractivity contribution >= 4 is 5.91 Å². The molecule has 1 amide bonds. The Hall–Kier alpha value is -1.49. The normalized spacial score (nSPS) is 14.2. The van der Waals surface area contributed by atoms with Gasteiger partial charge in [-0.1, -0.05) is 6.07 Å². The van der Waals surface area contributed by atoms with Crippen LogP contribution >= 0.6 is 0 Å². The van der Waals surface area contributed by atoms with E-state index in [0.29, 0.717) is 5.56 Å². The van der Waals surface area contributed by atoms with E-state index in [-0.39, 0.29) is 11.9 Å². The van der Waals surface area contributed by atoms with Crippen molar-refractivity contribution in [1.29, 1.82) is 0 Å². The molecule has 0 heterocycles. The summed E-state index contributed by atoms with van der Waals surface area (Å²) in [5.41, 5.74) is 6.01. The molecule has 0 aromatic heterocycles. The van der Waals surface area contributed by atoms with Gasteiger partial charge < -0.3 is 10.6 Å². The van der Waals surface area contributed by atoms with E-state index in [9.17, 15) is 13.6 Å². The molecule has 3 nitrogen and oxygen atoms in total. The van der Waals surface area contributed by atoms with Gasteiger partial charge in [0.1, 0.15) is 0 Å². The van der Waals surface area contributed by atoms with E-state index in [1.165, 1.54) is 11.0 Å². The van der Waals surface area contributed by atoms with Gasteiger partial charge in [-0.05, 0) is 31.5 Å². The van der Waals surface area contributed by atoms with Crippen molar-refractivity contribution in [2.45, 2.75) is 25.9 Å². The Kier molecular flexibility index (Phi) is 4.17. The summed E-state index contributed by atoms with van der Waals surface area (Å²) in [4.78, 5) is 13.1. The van der Waals surface area contributed by atoms with Crippen LogP contribution in [-0.2, 0) is 4.79 Å². The number of carbonyl (C=O) groups is 1. The highest BCUT2D eigenvalue weighted by atomic mass is 19.2. The first-order valence-electron chi connectivity index (χ1n) is 5.31. The van der Waals surface area contributed by atoms with E-state index < -0.39 is 17.7 Å². The molecule has 17 heavy (non-hydrogen) atoms. The van der Waals surface area contributed by atoms with Gasteiger partial charge >= 0.3 is 0 Å². The van der Waals surface area contributed by atoms with Crippen LogP contribution in [0.3, 0.4) is 0 Å². The molecule has 1 unspecified atom stereocenters. The van der Waals surface area contributed by atoms with E-state index in [0.717, 1.165) is 12.1 Å². The maximum atomic E-state index is 13.1. The minimum absolute atomic E-state index is 0.248. The highest BCUT2D eigenvalue weighted by molar-refractivity contribution is 5.81. The second-order valence-electron chi connectivity index (χ2n) is 4.09. The van der Waals surface area contributed by atoms with E-state index in [4.69, 9.17) is 5.73 Å². The predicted octanol–water partition coefficient (Wildman–Crippen LogP) is 1.83. The number of hydrogen-bond acceptors (Lipinski definition) is 2. The SMILES string of the molecule is CC(c1ccc(F)c(F)c1)N(C)C(=O)[C@H](C)N. The number of benzene rings is 1. The molecule has 0 fully saturated rings. The Labute approximate surface area is 99.2 Å². The number of nitrogens with two attached hydrogens (primary N) is 1. The van der Waals surface area contributed by atoms with Crippen molar-refractivity contribution in [2.75, 3.05) is 7.05 Å². The Morgan fingerprint density at radius 1 is 1.29 bits per heavy atom. The molecular weight excluding hydrogens is 226 g/mol. The molecule has 1 aromatic rings. The van der Waals surface area contributed by atoms with Gasteiger partial charge in [0.15, 0.2) is 11.6 Å². The molecule has 2 N–H and O–H groups in total. The third-order valence-corrected chi connectivity index (χ3v) is 2.74. The van der Waals surface area contributed by atoms with Crippen LogP contribution in [0, 0.1) is 11.6 Å². The van der Waals surface area contributed by atoms with E-state index >= 15 is 0 Å². The molecule has 0 radical (unpaired) electrons. The lowest BCUT2D eigenvalue weighted by Gasteiger charge is -2.26. The minimum Gasteiger partial charge on any atom is -0.338 e. The molecule has 0 aliphatic rings. The lowest BCUT2D eigenvalue weighted by atomic mass is 10.1. The van der Waals surface area contributed by atoms with E-state index in [1.807, 2.05) is 0 Å². The first-order valence-corrected chi connectivity index (χ1v) is 5.31. The molecule has 0 spiro atoms. The minimum atomic E-state index is -0.920. The first kappa shape index (κ1) is 13.6.